The van der Waals surface area contributed by atoms with Crippen LogP contribution in [0.15, 0.2) is 12.2 Å². The number of carbonyl (C=O) groups excluding carboxylic acids is 1. The summed E-state index contributed by atoms with van der Waals surface area (Å²) in [4.78, 5) is 11.2. The zero-order valence-corrected chi connectivity index (χ0v) is 17.0. The number of hydrogen-bond acceptors (Lipinski definition) is 4. The number of alkyl halides is 15. The van der Waals surface area contributed by atoms with Crippen LogP contribution in [0.5, 0.6) is 0 Å². The van der Waals surface area contributed by atoms with Gasteiger partial charge in [0, 0.05) is 12.0 Å². The topological polar surface area (TPSA) is 55.8 Å². The number of halogens is 15. The molecule has 35 heavy (non-hydrogen) atoms. The van der Waals surface area contributed by atoms with Gasteiger partial charge in [0.1, 0.15) is 6.10 Å². The summed E-state index contributed by atoms with van der Waals surface area (Å²) in [5.74, 6) is -32.1. The summed E-state index contributed by atoms with van der Waals surface area (Å²) >= 11 is 0. The molecule has 0 aliphatic carbocycles. The van der Waals surface area contributed by atoms with Gasteiger partial charge < -0.3 is 14.6 Å². The van der Waals surface area contributed by atoms with E-state index < -0.39 is 80.0 Å². The SMILES string of the molecule is C=C(C)C(=O)OC(CO)COCCC(F)(F)C(F)(F)C(F)(F)C(F)(F)C(F)(C(F)(F)F)C(F)(F)F. The molecular weight excluding hydrogens is 541 g/mol. The van der Waals surface area contributed by atoms with Crippen molar-refractivity contribution in [2.45, 2.75) is 61.2 Å². The van der Waals surface area contributed by atoms with E-state index in [0.717, 1.165) is 6.92 Å². The summed E-state index contributed by atoms with van der Waals surface area (Å²) in [5.41, 5.74) is -8.60. The average molecular weight is 556 g/mol. The molecular formula is C16H15F15O4. The van der Waals surface area contributed by atoms with Crippen molar-refractivity contribution in [1.29, 1.82) is 0 Å². The molecule has 208 valence electrons. The molecule has 0 saturated heterocycles. The van der Waals surface area contributed by atoms with Gasteiger partial charge in [-0.2, -0.15) is 61.5 Å². The van der Waals surface area contributed by atoms with Gasteiger partial charge in [0.25, 0.3) is 0 Å². The fourth-order valence-electron chi connectivity index (χ4n) is 2.11. The van der Waals surface area contributed by atoms with Gasteiger partial charge in [0.15, 0.2) is 0 Å². The molecule has 0 aromatic rings. The van der Waals surface area contributed by atoms with E-state index in [4.69, 9.17) is 5.11 Å². The first-order valence-corrected chi connectivity index (χ1v) is 8.65. The van der Waals surface area contributed by atoms with Crippen molar-refractivity contribution in [2.75, 3.05) is 19.8 Å². The third-order valence-electron chi connectivity index (χ3n) is 4.15. The Balaban J connectivity index is 5.84. The van der Waals surface area contributed by atoms with Crippen LogP contribution in [0.2, 0.25) is 0 Å². The molecule has 0 bridgehead atoms. The predicted molar refractivity (Wildman–Crippen MR) is 83.0 cm³/mol. The number of carbonyl (C=O) groups is 1. The van der Waals surface area contributed by atoms with Gasteiger partial charge in [0.05, 0.1) is 19.8 Å². The van der Waals surface area contributed by atoms with E-state index in [1.165, 1.54) is 0 Å². The van der Waals surface area contributed by atoms with E-state index in [9.17, 15) is 70.7 Å². The van der Waals surface area contributed by atoms with Crippen LogP contribution in [0.1, 0.15) is 13.3 Å². The maximum atomic E-state index is 13.7. The Labute approximate surface area is 185 Å². The maximum Gasteiger partial charge on any atom is 0.438 e. The zero-order chi connectivity index (χ0) is 28.5. The van der Waals surface area contributed by atoms with Crippen molar-refractivity contribution in [2.24, 2.45) is 0 Å². The van der Waals surface area contributed by atoms with Crippen molar-refractivity contribution in [1.82, 2.24) is 0 Å². The Morgan fingerprint density at radius 1 is 0.800 bits per heavy atom. The summed E-state index contributed by atoms with van der Waals surface area (Å²) in [6, 6.07) is 0. The highest BCUT2D eigenvalue weighted by Crippen LogP contribution is 2.64. The van der Waals surface area contributed by atoms with Gasteiger partial charge in [-0.3, -0.25) is 0 Å². The minimum Gasteiger partial charge on any atom is -0.454 e. The highest BCUT2D eigenvalue weighted by atomic mass is 19.4. The molecule has 0 amide bonds. The molecule has 0 aromatic carbocycles. The lowest BCUT2D eigenvalue weighted by atomic mass is 9.85. The number of ether oxygens (including phenoxy) is 2. The summed E-state index contributed by atoms with van der Waals surface area (Å²) in [5, 5.41) is 8.89. The van der Waals surface area contributed by atoms with E-state index in [0.29, 0.717) is 0 Å². The van der Waals surface area contributed by atoms with Crippen molar-refractivity contribution >= 4 is 5.97 Å². The predicted octanol–water partition coefficient (Wildman–Crippen LogP) is 5.25. The molecule has 0 rings (SSSR count). The van der Waals surface area contributed by atoms with Crippen LogP contribution in [0.4, 0.5) is 65.9 Å². The van der Waals surface area contributed by atoms with Gasteiger partial charge >= 0.3 is 47.7 Å². The van der Waals surface area contributed by atoms with Crippen LogP contribution in [0, 0.1) is 0 Å². The van der Waals surface area contributed by atoms with Crippen LogP contribution >= 0.6 is 0 Å². The lowest BCUT2D eigenvalue weighted by Crippen LogP contribution is -2.75. The Hall–Kier alpha value is -1.92. The molecule has 0 heterocycles. The quantitative estimate of drug-likeness (QED) is 0.155. The number of aliphatic hydroxyl groups is 1. The molecule has 1 unspecified atom stereocenters. The van der Waals surface area contributed by atoms with Gasteiger partial charge in [0.2, 0.25) is 0 Å². The normalized spacial score (nSPS) is 15.7. The Bertz CT molecular complexity index is 743. The van der Waals surface area contributed by atoms with Gasteiger partial charge in [-0.15, -0.1) is 0 Å². The number of esters is 1. The van der Waals surface area contributed by atoms with E-state index in [2.05, 4.69) is 16.1 Å². The van der Waals surface area contributed by atoms with Crippen LogP contribution in [-0.4, -0.2) is 78.7 Å². The monoisotopic (exact) mass is 556 g/mol. The molecule has 1 N–H and O–H groups in total. The minimum atomic E-state index is -8.48. The molecule has 0 radical (unpaired) electrons. The van der Waals surface area contributed by atoms with Gasteiger partial charge in [-0.1, -0.05) is 6.58 Å². The summed E-state index contributed by atoms with van der Waals surface area (Å²) in [6.07, 6.45) is -20.4. The largest absolute Gasteiger partial charge is 0.454 e. The summed E-state index contributed by atoms with van der Waals surface area (Å²) in [6.45, 7) is 0.228. The molecule has 4 nitrogen and oxygen atoms in total. The first kappa shape index (κ1) is 33.1. The molecule has 0 spiro atoms. The van der Waals surface area contributed by atoms with E-state index >= 15 is 0 Å². The molecule has 0 aromatic heterocycles. The van der Waals surface area contributed by atoms with E-state index in [1.807, 2.05) is 0 Å². The number of hydrogen-bond donors (Lipinski definition) is 1. The highest BCUT2D eigenvalue weighted by Gasteiger charge is 2.95. The van der Waals surface area contributed by atoms with Crippen molar-refractivity contribution in [3.05, 3.63) is 12.2 Å². The fraction of sp³-hybridized carbons (Fsp3) is 0.812. The van der Waals surface area contributed by atoms with Crippen molar-refractivity contribution in [3.8, 4) is 0 Å². The second kappa shape index (κ2) is 10.2. The maximum absolute atomic E-state index is 13.7. The third kappa shape index (κ3) is 5.91. The standard InChI is InChI=1S/C16H15F15O4/c1-7(2)9(33)35-8(5-32)6-34-4-3-10(17,18)12(20,21)14(24,25)13(22,23)11(19,15(26,27)28)16(29,30)31/h8,32H,1,3-6H2,2H3. The lowest BCUT2D eigenvalue weighted by molar-refractivity contribution is -0.457. The number of rotatable bonds is 12. The van der Waals surface area contributed by atoms with Crippen LogP contribution in [-0.2, 0) is 14.3 Å². The van der Waals surface area contributed by atoms with Gasteiger partial charge in [-0.05, 0) is 6.92 Å². The summed E-state index contributed by atoms with van der Waals surface area (Å²) < 4.78 is 205. The van der Waals surface area contributed by atoms with E-state index in [-0.39, 0.29) is 5.57 Å². The molecule has 19 heteroatoms. The lowest BCUT2D eigenvalue weighted by Gasteiger charge is -2.43. The summed E-state index contributed by atoms with van der Waals surface area (Å²) in [7, 11) is 0. The second-order valence-corrected chi connectivity index (χ2v) is 6.90. The molecule has 0 aliphatic rings. The fourth-order valence-corrected chi connectivity index (χ4v) is 2.11. The Morgan fingerprint density at radius 2 is 1.23 bits per heavy atom. The molecule has 0 aliphatic heterocycles. The van der Waals surface area contributed by atoms with Crippen molar-refractivity contribution in [3.63, 3.8) is 0 Å². The average Bonchev–Trinajstić information content (AvgIpc) is 2.66. The first-order chi connectivity index (χ1) is 15.3. The van der Waals surface area contributed by atoms with Crippen LogP contribution < -0.4 is 0 Å². The number of aliphatic hydroxyl groups excluding tert-OH is 1. The Morgan fingerprint density at radius 3 is 1.57 bits per heavy atom. The van der Waals surface area contributed by atoms with E-state index in [1.54, 1.807) is 0 Å². The molecule has 0 fully saturated rings. The third-order valence-corrected chi connectivity index (χ3v) is 4.15. The zero-order valence-electron chi connectivity index (χ0n) is 17.0. The van der Waals surface area contributed by atoms with Crippen LogP contribution in [0.3, 0.4) is 0 Å². The molecule has 0 saturated carbocycles. The first-order valence-electron chi connectivity index (χ1n) is 8.65. The van der Waals surface area contributed by atoms with Crippen LogP contribution in [0.25, 0.3) is 0 Å². The molecule has 1 atom stereocenters. The highest BCUT2D eigenvalue weighted by molar-refractivity contribution is 5.87. The Kier molecular flexibility index (Phi) is 9.65. The second-order valence-electron chi connectivity index (χ2n) is 6.90. The smallest absolute Gasteiger partial charge is 0.438 e. The minimum absolute atomic E-state index is 0.251. The van der Waals surface area contributed by atoms with Crippen molar-refractivity contribution < 1.29 is 85.2 Å². The van der Waals surface area contributed by atoms with Gasteiger partial charge in [-0.25, -0.2) is 9.18 Å².